The van der Waals surface area contributed by atoms with Gasteiger partial charge in [-0.15, -0.1) is 0 Å². The van der Waals surface area contributed by atoms with Crippen molar-refractivity contribution >= 4 is 11.7 Å². The minimum absolute atomic E-state index is 0.209. The molecule has 2 aromatic rings. The minimum Gasteiger partial charge on any atom is -0.469 e. The summed E-state index contributed by atoms with van der Waals surface area (Å²) in [5.41, 5.74) is 4.59. The van der Waals surface area contributed by atoms with E-state index in [0.717, 1.165) is 44.1 Å². The molecule has 0 amide bonds. The van der Waals surface area contributed by atoms with Crippen LogP contribution in [0.25, 0.3) is 0 Å². The first-order valence-electron chi connectivity index (χ1n) is 9.04. The molecule has 0 spiro atoms. The van der Waals surface area contributed by atoms with E-state index in [2.05, 4.69) is 36.8 Å². The molecule has 1 aliphatic rings. The second-order valence-corrected chi connectivity index (χ2v) is 6.81. The van der Waals surface area contributed by atoms with E-state index in [-0.39, 0.29) is 5.97 Å². The van der Waals surface area contributed by atoms with Crippen LogP contribution in [0.15, 0.2) is 24.5 Å². The van der Waals surface area contributed by atoms with Gasteiger partial charge >= 0.3 is 5.97 Å². The Morgan fingerprint density at radius 1 is 1.15 bits per heavy atom. The average Bonchev–Trinajstić information content (AvgIpc) is 3.07. The molecule has 1 saturated heterocycles. The van der Waals surface area contributed by atoms with Crippen molar-refractivity contribution in [2.45, 2.75) is 33.4 Å². The number of aryl methyl sites for hydroxylation is 3. The number of anilines is 1. The van der Waals surface area contributed by atoms with Crippen molar-refractivity contribution in [3.63, 3.8) is 0 Å². The van der Waals surface area contributed by atoms with Gasteiger partial charge < -0.3 is 9.64 Å². The van der Waals surface area contributed by atoms with E-state index in [4.69, 9.17) is 0 Å². The summed E-state index contributed by atoms with van der Waals surface area (Å²) in [6, 6.07) is 4.32. The zero-order valence-electron chi connectivity index (χ0n) is 15.8. The molecule has 140 valence electrons. The molecule has 0 atom stereocenters. The molecule has 0 aliphatic carbocycles. The quantitative estimate of drug-likeness (QED) is 0.735. The Morgan fingerprint density at radius 3 is 2.50 bits per heavy atom. The highest BCUT2D eigenvalue weighted by atomic mass is 16.5. The van der Waals surface area contributed by atoms with Gasteiger partial charge in [-0.2, -0.15) is 5.10 Å². The fraction of sp³-hybridized carbons (Fsp3) is 0.526. The normalized spacial score (nSPS) is 15.3. The first-order chi connectivity index (χ1) is 12.5. The van der Waals surface area contributed by atoms with Crippen LogP contribution in [0.4, 0.5) is 5.69 Å². The smallest absolute Gasteiger partial charge is 0.307 e. The molecule has 0 aromatic carbocycles. The van der Waals surface area contributed by atoms with Gasteiger partial charge in [0.15, 0.2) is 0 Å². The zero-order valence-corrected chi connectivity index (χ0v) is 15.8. The van der Waals surface area contributed by atoms with Crippen molar-refractivity contribution in [3.05, 3.63) is 41.5 Å². The molecule has 0 unspecified atom stereocenters. The zero-order chi connectivity index (χ0) is 18.5. The number of carbonyl (C=O) groups is 1. The molecule has 3 heterocycles. The van der Waals surface area contributed by atoms with Gasteiger partial charge in [0.25, 0.3) is 0 Å². The summed E-state index contributed by atoms with van der Waals surface area (Å²) in [5, 5.41) is 4.33. The van der Waals surface area contributed by atoms with E-state index in [1.54, 1.807) is 0 Å². The fourth-order valence-corrected chi connectivity index (χ4v) is 3.34. The number of rotatable bonds is 6. The molecule has 7 heteroatoms. The molecule has 7 nitrogen and oxygen atoms in total. The maximum Gasteiger partial charge on any atom is 0.307 e. The number of esters is 1. The molecule has 26 heavy (non-hydrogen) atoms. The number of nitrogens with zero attached hydrogens (tertiary/aromatic N) is 5. The highest BCUT2D eigenvalue weighted by molar-refractivity contribution is 5.68. The van der Waals surface area contributed by atoms with Gasteiger partial charge in [0.1, 0.15) is 0 Å². The van der Waals surface area contributed by atoms with E-state index in [9.17, 15) is 4.79 Å². The predicted molar refractivity (Wildman–Crippen MR) is 100 cm³/mol. The van der Waals surface area contributed by atoms with Crippen LogP contribution in [-0.2, 0) is 22.6 Å². The molecule has 0 radical (unpaired) electrons. The van der Waals surface area contributed by atoms with Gasteiger partial charge in [-0.1, -0.05) is 0 Å². The second kappa shape index (κ2) is 8.31. The minimum atomic E-state index is -0.209. The van der Waals surface area contributed by atoms with Gasteiger partial charge in [0, 0.05) is 61.6 Å². The lowest BCUT2D eigenvalue weighted by Gasteiger charge is -2.36. The second-order valence-electron chi connectivity index (χ2n) is 6.81. The number of hydrogen-bond acceptors (Lipinski definition) is 6. The van der Waals surface area contributed by atoms with Crippen LogP contribution in [0, 0.1) is 13.8 Å². The predicted octanol–water partition coefficient (Wildman–Crippen LogP) is 1.78. The topological polar surface area (TPSA) is 63.5 Å². The maximum atomic E-state index is 11.2. The van der Waals surface area contributed by atoms with E-state index in [1.165, 1.54) is 18.4 Å². The number of aromatic nitrogens is 3. The lowest BCUT2D eigenvalue weighted by Crippen LogP contribution is -2.46. The average molecular weight is 357 g/mol. The van der Waals surface area contributed by atoms with Crippen LogP contribution < -0.4 is 4.90 Å². The summed E-state index contributed by atoms with van der Waals surface area (Å²) >= 11 is 0. The molecule has 1 aliphatic heterocycles. The van der Waals surface area contributed by atoms with Crippen LogP contribution in [0.1, 0.15) is 23.4 Å². The van der Waals surface area contributed by atoms with Crippen LogP contribution >= 0.6 is 0 Å². The van der Waals surface area contributed by atoms with Crippen molar-refractivity contribution < 1.29 is 9.53 Å². The molecule has 2 aromatic heterocycles. The number of ether oxygens (including phenoxy) is 1. The van der Waals surface area contributed by atoms with E-state index >= 15 is 0 Å². The van der Waals surface area contributed by atoms with Crippen molar-refractivity contribution in [1.29, 1.82) is 0 Å². The van der Waals surface area contributed by atoms with Crippen molar-refractivity contribution in [2.24, 2.45) is 0 Å². The summed E-state index contributed by atoms with van der Waals surface area (Å²) in [5.74, 6) is -0.209. The first-order valence-corrected chi connectivity index (χ1v) is 9.04. The highest BCUT2D eigenvalue weighted by Crippen LogP contribution is 2.19. The van der Waals surface area contributed by atoms with Gasteiger partial charge in [-0.3, -0.25) is 19.4 Å². The third-order valence-corrected chi connectivity index (χ3v) is 4.67. The molecule has 3 rings (SSSR count). The third-order valence-electron chi connectivity index (χ3n) is 4.67. The molecule has 1 fully saturated rings. The number of carbonyl (C=O) groups excluding carboxylic acids is 1. The van der Waals surface area contributed by atoms with Crippen LogP contribution in [0.5, 0.6) is 0 Å². The molecule has 0 N–H and O–H groups in total. The summed E-state index contributed by atoms with van der Waals surface area (Å²) in [6.45, 7) is 9.61. The SMILES string of the molecule is COC(=O)CCn1cc(CN2CCN(c3cc(C)nc(C)c3)CC2)cn1. The van der Waals surface area contributed by atoms with Crippen molar-refractivity contribution in [3.8, 4) is 0 Å². The molecule has 0 saturated carbocycles. The highest BCUT2D eigenvalue weighted by Gasteiger charge is 2.18. The monoisotopic (exact) mass is 357 g/mol. The van der Waals surface area contributed by atoms with Crippen molar-refractivity contribution in [2.75, 3.05) is 38.2 Å². The van der Waals surface area contributed by atoms with Gasteiger partial charge in [0.05, 0.1) is 26.3 Å². The van der Waals surface area contributed by atoms with Gasteiger partial charge in [0.2, 0.25) is 0 Å². The Labute approximate surface area is 154 Å². The Morgan fingerprint density at radius 2 is 1.85 bits per heavy atom. The maximum absolute atomic E-state index is 11.2. The Kier molecular flexibility index (Phi) is 5.88. The first kappa shape index (κ1) is 18.4. The van der Waals surface area contributed by atoms with Gasteiger partial charge in [-0.05, 0) is 26.0 Å². The Hall–Kier alpha value is -2.41. The van der Waals surface area contributed by atoms with Crippen LogP contribution in [0.2, 0.25) is 0 Å². The number of pyridine rings is 1. The van der Waals surface area contributed by atoms with Crippen LogP contribution in [0.3, 0.4) is 0 Å². The standard InChI is InChI=1S/C19H27N5O2/c1-15-10-18(11-16(2)21-15)23-8-6-22(7-9-23)13-17-12-20-24(14-17)5-4-19(25)26-3/h10-12,14H,4-9,13H2,1-3H3. The summed E-state index contributed by atoms with van der Waals surface area (Å²) in [7, 11) is 1.41. The van der Waals surface area contributed by atoms with E-state index in [0.29, 0.717) is 13.0 Å². The van der Waals surface area contributed by atoms with Crippen molar-refractivity contribution in [1.82, 2.24) is 19.7 Å². The summed E-state index contributed by atoms with van der Waals surface area (Å²) < 4.78 is 6.48. The Bertz CT molecular complexity index is 730. The number of hydrogen-bond donors (Lipinski definition) is 0. The Balaban J connectivity index is 1.49. The van der Waals surface area contributed by atoms with Gasteiger partial charge in [-0.25, -0.2) is 0 Å². The molecular formula is C19H27N5O2. The third kappa shape index (κ3) is 4.82. The molecule has 0 bridgehead atoms. The lowest BCUT2D eigenvalue weighted by molar-refractivity contribution is -0.140. The number of methoxy groups -OCH3 is 1. The number of piperazine rings is 1. The summed E-state index contributed by atoms with van der Waals surface area (Å²) in [4.78, 5) is 20.5. The van der Waals surface area contributed by atoms with E-state index < -0.39 is 0 Å². The van der Waals surface area contributed by atoms with Crippen LogP contribution in [-0.4, -0.2) is 58.9 Å². The largest absolute Gasteiger partial charge is 0.469 e. The fourth-order valence-electron chi connectivity index (χ4n) is 3.34. The lowest BCUT2D eigenvalue weighted by atomic mass is 10.2. The molecular weight excluding hydrogens is 330 g/mol. The summed E-state index contributed by atoms with van der Waals surface area (Å²) in [6.07, 6.45) is 4.26. The van der Waals surface area contributed by atoms with E-state index in [1.807, 2.05) is 30.9 Å².